The zero-order valence-corrected chi connectivity index (χ0v) is 34.6. The van der Waals surface area contributed by atoms with Crippen molar-refractivity contribution in [2.24, 2.45) is 28.4 Å². The molecule has 4 N–H and O–H groups in total. The number of likely N-dealkylation sites (tertiary alicyclic amines) is 1. The molecular formula is C38H55F2N4O12P. The van der Waals surface area contributed by atoms with E-state index in [0.717, 1.165) is 25.0 Å². The molecule has 1 heterocycles. The Balaban J connectivity index is 1.75. The number of ether oxygens (including phenoxy) is 3. The first kappa shape index (κ1) is 47.0. The number of alkyl halides is 2. The summed E-state index contributed by atoms with van der Waals surface area (Å²) >= 11 is 0. The minimum Gasteiger partial charge on any atom is -0.448 e. The number of nitrogens with one attached hydrogen (secondary N) is 2. The van der Waals surface area contributed by atoms with E-state index >= 15 is 8.78 Å². The number of halogens is 2. The van der Waals surface area contributed by atoms with Crippen LogP contribution in [0.2, 0.25) is 0 Å². The number of unbranched alkanes of at least 4 members (excludes halogenated alkanes) is 1. The van der Waals surface area contributed by atoms with Crippen LogP contribution < -0.4 is 16.4 Å². The summed E-state index contributed by atoms with van der Waals surface area (Å²) in [6.45, 7) is 10.5. The second-order valence-corrected chi connectivity index (χ2v) is 18.1. The Labute approximate surface area is 331 Å². The molecule has 1 aromatic carbocycles. The number of carbonyl (C=O) groups excluding carboxylic acids is 6. The van der Waals surface area contributed by atoms with Crippen LogP contribution in [-0.4, -0.2) is 86.0 Å². The standard InChI is InChI=1S/C38H55F2N4O12P/c1-9-10-11-28(32(47)44-20-25-19-27(25)30(44)31(46)42-16-17-52-35(41)50)43-29(45)18-23(2)24-12-14-26(15-13-24)38(39,40)57(51,55-21-53-33(48)36(3,4)5)56-22-54-34(49)37(6,7)8/h12-15,18,25,27-28,30H,9-11,16-17,19-22H2,1-8H3,(H2,41,50)(H,42,46)(H,43,45)/b23-18+/t25?,27-,28+,30+/m1/s1. The van der Waals surface area contributed by atoms with Crippen LogP contribution in [-0.2, 0) is 57.5 Å². The van der Waals surface area contributed by atoms with Gasteiger partial charge >= 0.3 is 31.3 Å². The third-order valence-electron chi connectivity index (χ3n) is 9.24. The van der Waals surface area contributed by atoms with Crippen LogP contribution in [0, 0.1) is 22.7 Å². The monoisotopic (exact) mass is 828 g/mol. The third kappa shape index (κ3) is 12.8. The number of nitrogens with two attached hydrogens (primary N) is 1. The molecule has 19 heteroatoms. The summed E-state index contributed by atoms with van der Waals surface area (Å²) in [6.07, 6.45) is 2.65. The number of hydrogen-bond donors (Lipinski definition) is 3. The van der Waals surface area contributed by atoms with Gasteiger partial charge in [-0.2, -0.15) is 8.78 Å². The highest BCUT2D eigenvalue weighted by Gasteiger charge is 2.58. The Morgan fingerprint density at radius 3 is 2.02 bits per heavy atom. The van der Waals surface area contributed by atoms with Crippen molar-refractivity contribution in [3.05, 3.63) is 41.5 Å². The number of hydrogen-bond acceptors (Lipinski definition) is 12. The molecule has 4 atom stereocenters. The number of carbonyl (C=O) groups is 6. The number of allylic oxidation sites excluding steroid dienone is 1. The van der Waals surface area contributed by atoms with Crippen LogP contribution in [0.1, 0.15) is 92.2 Å². The summed E-state index contributed by atoms with van der Waals surface area (Å²) < 4.78 is 69.8. The number of piperidine rings is 1. The highest BCUT2D eigenvalue weighted by Crippen LogP contribution is 2.67. The van der Waals surface area contributed by atoms with E-state index in [1.807, 2.05) is 6.92 Å². The van der Waals surface area contributed by atoms with Crippen molar-refractivity contribution in [1.82, 2.24) is 15.5 Å². The Bertz CT molecular complexity index is 1690. The van der Waals surface area contributed by atoms with Gasteiger partial charge in [-0.25, -0.2) is 4.79 Å². The average Bonchev–Trinajstić information content (AvgIpc) is 3.78. The maximum absolute atomic E-state index is 16.0. The summed E-state index contributed by atoms with van der Waals surface area (Å²) in [5.74, 6) is -2.94. The first-order valence-electron chi connectivity index (χ1n) is 18.6. The Hall–Kier alpha value is -4.41. The summed E-state index contributed by atoms with van der Waals surface area (Å²) in [5, 5.41) is 5.41. The van der Waals surface area contributed by atoms with Gasteiger partial charge in [0.15, 0.2) is 0 Å². The fourth-order valence-corrected chi connectivity index (χ4v) is 7.09. The lowest BCUT2D eigenvalue weighted by molar-refractivity contribution is -0.163. The van der Waals surface area contributed by atoms with Gasteiger partial charge in [-0.3, -0.25) is 37.6 Å². The summed E-state index contributed by atoms with van der Waals surface area (Å²) in [4.78, 5) is 76.8. The van der Waals surface area contributed by atoms with Gasteiger partial charge < -0.3 is 35.5 Å². The van der Waals surface area contributed by atoms with Gasteiger partial charge in [0.2, 0.25) is 31.3 Å². The van der Waals surface area contributed by atoms with E-state index < -0.39 is 91.1 Å². The maximum Gasteiger partial charge on any atom is 0.410 e. The van der Waals surface area contributed by atoms with Crippen molar-refractivity contribution in [3.8, 4) is 0 Å². The normalized spacial score (nSPS) is 18.9. The summed E-state index contributed by atoms with van der Waals surface area (Å²) in [5.41, 5.74) is -1.58. The molecule has 4 amide bonds. The zero-order chi connectivity index (χ0) is 42.9. The highest BCUT2D eigenvalue weighted by atomic mass is 31.2. The predicted molar refractivity (Wildman–Crippen MR) is 202 cm³/mol. The lowest BCUT2D eigenvalue weighted by Gasteiger charge is -2.30. The average molecular weight is 829 g/mol. The minimum atomic E-state index is -5.54. The van der Waals surface area contributed by atoms with Crippen LogP contribution in [0.4, 0.5) is 13.6 Å². The number of esters is 2. The molecule has 0 radical (unpaired) electrons. The molecule has 1 aromatic rings. The fourth-order valence-electron chi connectivity index (χ4n) is 5.84. The molecule has 3 rings (SSSR count). The van der Waals surface area contributed by atoms with E-state index in [1.165, 1.54) is 64.7 Å². The van der Waals surface area contributed by atoms with Gasteiger partial charge in [0.25, 0.3) is 0 Å². The van der Waals surface area contributed by atoms with E-state index in [9.17, 15) is 33.3 Å². The van der Waals surface area contributed by atoms with Gasteiger partial charge in [-0.1, -0.05) is 44.0 Å². The first-order valence-corrected chi connectivity index (χ1v) is 20.2. The predicted octanol–water partition coefficient (Wildman–Crippen LogP) is 5.19. The summed E-state index contributed by atoms with van der Waals surface area (Å²) in [7, 11) is -5.54. The van der Waals surface area contributed by atoms with Crippen LogP contribution in [0.5, 0.6) is 0 Å². The lowest BCUT2D eigenvalue weighted by Crippen LogP contribution is -2.55. The molecule has 318 valence electrons. The van der Waals surface area contributed by atoms with Crippen molar-refractivity contribution in [3.63, 3.8) is 0 Å². The largest absolute Gasteiger partial charge is 0.448 e. The van der Waals surface area contributed by atoms with Gasteiger partial charge in [-0.15, -0.1) is 0 Å². The lowest BCUT2D eigenvalue weighted by atomic mass is 9.98. The van der Waals surface area contributed by atoms with Crippen molar-refractivity contribution in [1.29, 1.82) is 0 Å². The van der Waals surface area contributed by atoms with Crippen molar-refractivity contribution < 1.29 is 65.4 Å². The van der Waals surface area contributed by atoms with Gasteiger partial charge in [0.1, 0.15) is 18.7 Å². The number of nitrogens with zero attached hydrogens (tertiary/aromatic N) is 1. The quantitative estimate of drug-likeness (QED) is 0.0410. The van der Waals surface area contributed by atoms with E-state index in [-0.39, 0.29) is 25.0 Å². The zero-order valence-electron chi connectivity index (χ0n) is 33.7. The second-order valence-electron chi connectivity index (χ2n) is 16.1. The number of fused-ring (bicyclic) bond motifs is 1. The van der Waals surface area contributed by atoms with E-state index in [0.29, 0.717) is 30.5 Å². The second kappa shape index (κ2) is 19.4. The van der Waals surface area contributed by atoms with Gasteiger partial charge in [0.05, 0.1) is 17.4 Å². The molecule has 0 aromatic heterocycles. The van der Waals surface area contributed by atoms with Crippen LogP contribution >= 0.6 is 7.60 Å². The molecule has 0 spiro atoms. The molecule has 57 heavy (non-hydrogen) atoms. The maximum atomic E-state index is 16.0. The number of rotatable bonds is 19. The SMILES string of the molecule is CCCC[C@H](NC(=O)/C=C(\C)c1ccc(C(F)(F)P(=O)(OCOC(=O)C(C)(C)C)OCOC(=O)C(C)(C)C)cc1)C(=O)N1CC2C[C@H]2[C@H]1C(=O)NCCOC(N)=O. The smallest absolute Gasteiger partial charge is 0.410 e. The van der Waals surface area contributed by atoms with E-state index in [1.54, 1.807) is 6.92 Å². The molecule has 2 fully saturated rings. The molecule has 1 aliphatic carbocycles. The van der Waals surface area contributed by atoms with Crippen molar-refractivity contribution >= 4 is 48.9 Å². The fraction of sp³-hybridized carbons (Fsp3) is 0.632. The molecule has 1 saturated carbocycles. The molecule has 1 aliphatic heterocycles. The van der Waals surface area contributed by atoms with E-state index in [2.05, 4.69) is 15.4 Å². The molecule has 0 bridgehead atoms. The molecule has 16 nitrogen and oxygen atoms in total. The topological polar surface area (TPSA) is 219 Å². The van der Waals surface area contributed by atoms with Crippen LogP contribution in [0.15, 0.2) is 30.3 Å². The van der Waals surface area contributed by atoms with Crippen molar-refractivity contribution in [2.75, 3.05) is 33.3 Å². The van der Waals surface area contributed by atoms with E-state index in [4.69, 9.17) is 24.3 Å². The number of benzene rings is 1. The molecule has 1 saturated heterocycles. The molecule has 2 aliphatic rings. The third-order valence-corrected chi connectivity index (χ3v) is 11.1. The van der Waals surface area contributed by atoms with Gasteiger partial charge in [-0.05, 0) is 84.3 Å². The minimum absolute atomic E-state index is 0.0147. The van der Waals surface area contributed by atoms with Crippen LogP contribution in [0.25, 0.3) is 5.57 Å². The summed E-state index contributed by atoms with van der Waals surface area (Å²) in [6, 6.07) is 2.70. The molecule has 1 unspecified atom stereocenters. The molecular weight excluding hydrogens is 773 g/mol. The Morgan fingerprint density at radius 1 is 0.947 bits per heavy atom. The Morgan fingerprint density at radius 2 is 1.51 bits per heavy atom. The number of primary amides is 1. The highest BCUT2D eigenvalue weighted by molar-refractivity contribution is 7.54. The Kier molecular flexibility index (Phi) is 16.0. The van der Waals surface area contributed by atoms with Crippen molar-refractivity contribution in [2.45, 2.75) is 98.8 Å². The first-order chi connectivity index (χ1) is 26.4. The van der Waals surface area contributed by atoms with Crippen LogP contribution in [0.3, 0.4) is 0 Å². The number of amides is 4. The van der Waals surface area contributed by atoms with Gasteiger partial charge in [0, 0.05) is 18.2 Å².